The lowest BCUT2D eigenvalue weighted by molar-refractivity contribution is 0.357. The third-order valence-electron chi connectivity index (χ3n) is 2.89. The molecule has 0 saturated heterocycles. The van der Waals surface area contributed by atoms with Gasteiger partial charge < -0.3 is 10.2 Å². The summed E-state index contributed by atoms with van der Waals surface area (Å²) in [5.74, 6) is -0.710. The number of rotatable bonds is 7. The third kappa shape index (κ3) is 5.10. The van der Waals surface area contributed by atoms with Gasteiger partial charge in [-0.2, -0.15) is 0 Å². The highest BCUT2D eigenvalue weighted by Crippen LogP contribution is 2.13. The molecule has 1 atom stereocenters. The second-order valence-electron chi connectivity index (χ2n) is 4.79. The van der Waals surface area contributed by atoms with E-state index >= 15 is 0 Å². The quantitative estimate of drug-likeness (QED) is 0.806. The fourth-order valence-electron chi connectivity index (χ4n) is 1.94. The summed E-state index contributed by atoms with van der Waals surface area (Å²) in [6, 6.07) is 3.81. The summed E-state index contributed by atoms with van der Waals surface area (Å²) in [6.45, 7) is 3.77. The van der Waals surface area contributed by atoms with Crippen LogP contribution in [0.15, 0.2) is 18.2 Å². The minimum absolute atomic E-state index is 0.175. The second-order valence-corrected chi connectivity index (χ2v) is 4.79. The number of hydrogen-bond acceptors (Lipinski definition) is 2. The smallest absolute Gasteiger partial charge is 0.126 e. The lowest BCUT2D eigenvalue weighted by atomic mass is 10.0. The molecule has 0 aromatic heterocycles. The van der Waals surface area contributed by atoms with Crippen molar-refractivity contribution in [1.29, 1.82) is 0 Å². The minimum Gasteiger partial charge on any atom is -0.314 e. The molecule has 0 aliphatic heterocycles. The van der Waals surface area contributed by atoms with E-state index in [0.717, 1.165) is 25.6 Å². The van der Waals surface area contributed by atoms with E-state index in [1.165, 1.54) is 12.1 Å². The summed E-state index contributed by atoms with van der Waals surface area (Å²) in [7, 11) is 4.01. The Morgan fingerprint density at radius 2 is 2.00 bits per heavy atom. The van der Waals surface area contributed by atoms with Gasteiger partial charge in [0.2, 0.25) is 0 Å². The van der Waals surface area contributed by atoms with Crippen molar-refractivity contribution >= 4 is 0 Å². The van der Waals surface area contributed by atoms with Gasteiger partial charge in [0, 0.05) is 6.04 Å². The molecule has 102 valence electrons. The van der Waals surface area contributed by atoms with Crippen molar-refractivity contribution in [3.05, 3.63) is 35.4 Å². The van der Waals surface area contributed by atoms with Gasteiger partial charge >= 0.3 is 0 Å². The fraction of sp³-hybridized carbons (Fsp3) is 0.571. The number of halogens is 2. The molecule has 0 fully saturated rings. The van der Waals surface area contributed by atoms with Gasteiger partial charge in [-0.1, -0.05) is 6.92 Å². The predicted octanol–water partition coefficient (Wildman–Crippen LogP) is 2.44. The lowest BCUT2D eigenvalue weighted by Gasteiger charge is -2.20. The number of hydrogen-bond donors (Lipinski definition) is 1. The molecule has 1 aromatic carbocycles. The molecule has 0 radical (unpaired) electrons. The zero-order valence-corrected chi connectivity index (χ0v) is 11.3. The van der Waals surface area contributed by atoms with Crippen LogP contribution in [0, 0.1) is 11.6 Å². The van der Waals surface area contributed by atoms with Gasteiger partial charge in [0.15, 0.2) is 0 Å². The summed E-state index contributed by atoms with van der Waals surface area (Å²) < 4.78 is 26.7. The number of benzene rings is 1. The maximum Gasteiger partial charge on any atom is 0.126 e. The van der Waals surface area contributed by atoms with Crippen molar-refractivity contribution in [2.75, 3.05) is 27.2 Å². The van der Waals surface area contributed by atoms with Crippen LogP contribution in [0.5, 0.6) is 0 Å². The molecular formula is C14H22F2N2. The average molecular weight is 256 g/mol. The highest BCUT2D eigenvalue weighted by molar-refractivity contribution is 5.19. The molecule has 0 amide bonds. The Balaban J connectivity index is 2.66. The fourth-order valence-corrected chi connectivity index (χ4v) is 1.94. The van der Waals surface area contributed by atoms with Crippen molar-refractivity contribution in [3.63, 3.8) is 0 Å². The monoisotopic (exact) mass is 256 g/mol. The van der Waals surface area contributed by atoms with Crippen LogP contribution in [0.2, 0.25) is 0 Å². The molecule has 0 heterocycles. The molecule has 1 rings (SSSR count). The Kier molecular flexibility index (Phi) is 6.22. The molecule has 1 aromatic rings. The van der Waals surface area contributed by atoms with Crippen molar-refractivity contribution in [3.8, 4) is 0 Å². The van der Waals surface area contributed by atoms with Crippen molar-refractivity contribution in [2.24, 2.45) is 0 Å². The van der Waals surface area contributed by atoms with Crippen LogP contribution in [0.1, 0.15) is 18.9 Å². The molecule has 2 nitrogen and oxygen atoms in total. The minimum atomic E-state index is -0.380. The van der Waals surface area contributed by atoms with Crippen molar-refractivity contribution in [1.82, 2.24) is 10.2 Å². The van der Waals surface area contributed by atoms with Gasteiger partial charge in [0.25, 0.3) is 0 Å². The van der Waals surface area contributed by atoms with E-state index in [4.69, 9.17) is 0 Å². The molecule has 0 saturated carbocycles. The highest BCUT2D eigenvalue weighted by Gasteiger charge is 2.12. The van der Waals surface area contributed by atoms with Crippen LogP contribution in [0.3, 0.4) is 0 Å². The third-order valence-corrected chi connectivity index (χ3v) is 2.89. The Labute approximate surface area is 108 Å². The molecule has 4 heteroatoms. The molecule has 18 heavy (non-hydrogen) atoms. The summed E-state index contributed by atoms with van der Waals surface area (Å²) in [4.78, 5) is 2.09. The van der Waals surface area contributed by atoms with Crippen LogP contribution in [-0.4, -0.2) is 38.1 Å². The molecule has 1 unspecified atom stereocenters. The SMILES string of the molecule is CCNC(CCN(C)C)Cc1cc(F)ccc1F. The molecule has 0 aliphatic carbocycles. The van der Waals surface area contributed by atoms with Gasteiger partial charge in [-0.15, -0.1) is 0 Å². The van der Waals surface area contributed by atoms with Gasteiger partial charge in [0.05, 0.1) is 0 Å². The number of likely N-dealkylation sites (N-methyl/N-ethyl adjacent to an activating group) is 1. The first kappa shape index (κ1) is 15.1. The maximum absolute atomic E-state index is 13.6. The molecule has 0 aliphatic rings. The summed E-state index contributed by atoms with van der Waals surface area (Å²) in [6.07, 6.45) is 1.43. The van der Waals surface area contributed by atoms with E-state index in [2.05, 4.69) is 10.2 Å². The maximum atomic E-state index is 13.6. The van der Waals surface area contributed by atoms with Gasteiger partial charge in [-0.05, 0) is 63.8 Å². The van der Waals surface area contributed by atoms with Crippen LogP contribution < -0.4 is 5.32 Å². The van der Waals surface area contributed by atoms with Crippen molar-refractivity contribution in [2.45, 2.75) is 25.8 Å². The lowest BCUT2D eigenvalue weighted by Crippen LogP contribution is -2.34. The Morgan fingerprint density at radius 3 is 2.61 bits per heavy atom. The molecule has 0 spiro atoms. The zero-order valence-electron chi connectivity index (χ0n) is 11.3. The van der Waals surface area contributed by atoms with E-state index in [9.17, 15) is 8.78 Å². The van der Waals surface area contributed by atoms with Crippen LogP contribution in [0.25, 0.3) is 0 Å². The summed E-state index contributed by atoms with van der Waals surface area (Å²) >= 11 is 0. The van der Waals surface area contributed by atoms with E-state index in [1.54, 1.807) is 0 Å². The summed E-state index contributed by atoms with van der Waals surface area (Å²) in [5.41, 5.74) is 0.444. The predicted molar refractivity (Wildman–Crippen MR) is 70.7 cm³/mol. The first-order valence-corrected chi connectivity index (χ1v) is 6.35. The average Bonchev–Trinajstić information content (AvgIpc) is 2.31. The Hall–Kier alpha value is -1.00. The molecule has 0 bridgehead atoms. The van der Waals surface area contributed by atoms with E-state index in [-0.39, 0.29) is 17.7 Å². The first-order chi connectivity index (χ1) is 8.52. The highest BCUT2D eigenvalue weighted by atomic mass is 19.1. The van der Waals surface area contributed by atoms with Crippen LogP contribution in [-0.2, 0) is 6.42 Å². The second kappa shape index (κ2) is 7.44. The van der Waals surface area contributed by atoms with E-state index in [1.807, 2.05) is 21.0 Å². The molecular weight excluding hydrogens is 234 g/mol. The van der Waals surface area contributed by atoms with Gasteiger partial charge in [-0.3, -0.25) is 0 Å². The number of nitrogens with zero attached hydrogens (tertiary/aromatic N) is 1. The Bertz CT molecular complexity index is 367. The van der Waals surface area contributed by atoms with E-state index < -0.39 is 0 Å². The summed E-state index contributed by atoms with van der Waals surface area (Å²) in [5, 5.41) is 3.32. The standard InChI is InChI=1S/C14H22F2N2/c1-4-17-13(7-8-18(2)3)10-11-9-12(15)5-6-14(11)16/h5-6,9,13,17H,4,7-8,10H2,1-3H3. The van der Waals surface area contributed by atoms with Crippen molar-refractivity contribution < 1.29 is 8.78 Å². The molecule has 1 N–H and O–H groups in total. The topological polar surface area (TPSA) is 15.3 Å². The van der Waals surface area contributed by atoms with E-state index in [0.29, 0.717) is 12.0 Å². The first-order valence-electron chi connectivity index (χ1n) is 6.35. The number of nitrogens with one attached hydrogen (secondary N) is 1. The normalized spacial score (nSPS) is 13.0. The zero-order chi connectivity index (χ0) is 13.5. The largest absolute Gasteiger partial charge is 0.314 e. The van der Waals surface area contributed by atoms with Gasteiger partial charge in [-0.25, -0.2) is 8.78 Å². The van der Waals surface area contributed by atoms with Gasteiger partial charge in [0.1, 0.15) is 11.6 Å². The van der Waals surface area contributed by atoms with Crippen LogP contribution >= 0.6 is 0 Å². The van der Waals surface area contributed by atoms with Crippen LogP contribution in [0.4, 0.5) is 8.78 Å². The Morgan fingerprint density at radius 1 is 1.28 bits per heavy atom.